The van der Waals surface area contributed by atoms with Crippen LogP contribution in [0.25, 0.3) is 0 Å². The maximum atomic E-state index is 10.7. The Morgan fingerprint density at radius 1 is 0.443 bits per heavy atom. The zero-order chi connectivity index (χ0) is 84.3. The zero-order valence-electron chi connectivity index (χ0n) is 82.6. The normalized spacial score (nSPS) is 36.0. The maximum absolute atomic E-state index is 10.7. The fraction of sp³-hybridized carbons (Fsp3) is 0.872. The molecule has 0 saturated heterocycles. The molecule has 606 valence electrons. The van der Waals surface area contributed by atoms with Crippen molar-refractivity contribution in [2.45, 2.75) is 354 Å². The summed E-state index contributed by atoms with van der Waals surface area (Å²) >= 11 is 12.5. The van der Waals surface area contributed by atoms with Crippen molar-refractivity contribution in [1.29, 1.82) is 0 Å². The molecule has 24 atom stereocenters. The van der Waals surface area contributed by atoms with Gasteiger partial charge < -0.3 is 28.0 Å². The number of fused-ring (bicyclic) bond motifs is 15. The van der Waals surface area contributed by atoms with Gasteiger partial charge >= 0.3 is 419 Å². The second kappa shape index (κ2) is 67.7. The Kier molecular flexibility index (Phi) is 77.2. The quantitative estimate of drug-likeness (QED) is 0.0582. The van der Waals surface area contributed by atoms with Gasteiger partial charge in [0.15, 0.2) is 0 Å². The Bertz CT molecular complexity index is 2950. The summed E-state index contributed by atoms with van der Waals surface area (Å²) in [4.78, 5) is 0.143. The van der Waals surface area contributed by atoms with E-state index in [1.807, 2.05) is 12.5 Å². The average Bonchev–Trinajstić information content (AvgIpc) is 1.67. The molecular weight excluding hydrogens is 1780 g/mol. The molecule has 115 heavy (non-hydrogen) atoms. The Balaban J connectivity index is 0. The van der Waals surface area contributed by atoms with E-state index < -0.39 is 9.05 Å². The molecule has 21 heteroatoms. The van der Waals surface area contributed by atoms with Gasteiger partial charge in [0.05, 0.1) is 43.5 Å². The minimum atomic E-state index is -3.55. The molecular formula is C94H163ClK12O7S. The van der Waals surface area contributed by atoms with E-state index in [0.29, 0.717) is 45.2 Å². The molecule has 0 aromatic heterocycles. The van der Waals surface area contributed by atoms with Crippen molar-refractivity contribution < 1.29 is 139 Å². The molecule has 0 bridgehead atoms. The van der Waals surface area contributed by atoms with E-state index in [9.17, 15) is 13.5 Å². The summed E-state index contributed by atoms with van der Waals surface area (Å²) in [6, 6.07) is 6.37. The summed E-state index contributed by atoms with van der Waals surface area (Å²) in [6.07, 6.45) is 54.1. The summed E-state index contributed by atoms with van der Waals surface area (Å²) in [5.41, 5.74) is 9.36. The fourth-order valence-corrected chi connectivity index (χ4v) is 28.0. The molecule has 12 aliphatic carbocycles. The van der Waals surface area contributed by atoms with Crippen molar-refractivity contribution >= 4 is 336 Å². The van der Waals surface area contributed by atoms with Gasteiger partial charge in [-0.25, -0.2) is 8.42 Å². The second-order valence-corrected chi connectivity index (χ2v) is 42.8. The van der Waals surface area contributed by atoms with Gasteiger partial charge in [0.1, 0.15) is 0 Å². The van der Waals surface area contributed by atoms with Crippen LogP contribution < -0.4 is 103 Å². The Morgan fingerprint density at radius 3 is 1.09 bits per heavy atom. The molecule has 0 radical (unpaired) electrons. The van der Waals surface area contributed by atoms with Crippen molar-refractivity contribution in [1.82, 2.24) is 0 Å². The Morgan fingerprint density at radius 2 is 0.765 bits per heavy atom. The third kappa shape index (κ3) is 37.8. The number of aryl methyl sites for hydroxylation is 1. The molecule has 0 spiro atoms. The number of hydrogen-bond donors (Lipinski definition) is 4. The van der Waals surface area contributed by atoms with Crippen molar-refractivity contribution in [2.75, 3.05) is 26.4 Å². The second-order valence-electron chi connectivity index (χ2n) is 40.3. The number of aliphatic hydroxyl groups is 4. The van der Waals surface area contributed by atoms with Gasteiger partial charge in [0.25, 0.3) is 9.05 Å². The Hall–Kier alpha value is 18.1. The van der Waals surface area contributed by atoms with Gasteiger partial charge in [-0.15, -0.1) is 0 Å². The molecule has 1 aromatic rings. The third-order valence-electron chi connectivity index (χ3n) is 32.9. The first kappa shape index (κ1) is 131. The van der Waals surface area contributed by atoms with Crippen LogP contribution in [0.1, 0.15) is 339 Å². The number of hydrogen-bond acceptors (Lipinski definition) is 7. The molecule has 7 nitrogen and oxygen atoms in total. The van der Waals surface area contributed by atoms with E-state index in [-0.39, 0.29) is 144 Å². The minimum absolute atomic E-state index is 0. The van der Waals surface area contributed by atoms with Crippen molar-refractivity contribution in [3.8, 4) is 0 Å². The summed E-state index contributed by atoms with van der Waals surface area (Å²) < 4.78 is 27.4. The number of rotatable bonds is 20. The number of ether oxygens (including phenoxy) is 1. The van der Waals surface area contributed by atoms with Crippen molar-refractivity contribution in [2.24, 2.45) is 145 Å². The van der Waals surface area contributed by atoms with Crippen LogP contribution in [0, 0.1) is 152 Å². The van der Waals surface area contributed by atoms with Gasteiger partial charge in [-0.2, -0.15) is 0 Å². The van der Waals surface area contributed by atoms with E-state index >= 15 is 0 Å². The Labute approximate surface area is 1030 Å². The van der Waals surface area contributed by atoms with Gasteiger partial charge in [0.2, 0.25) is 0 Å². The molecule has 4 N–H and O–H groups in total. The van der Waals surface area contributed by atoms with Crippen LogP contribution >= 0.6 is 10.7 Å². The number of aliphatic hydroxyl groups excluding tert-OH is 4. The third-order valence-corrected chi connectivity index (χ3v) is 34.3. The molecule has 0 aliphatic heterocycles. The molecule has 12 aliphatic rings. The standard InChI is InChI=1S/C29H50O2.C28H48.C27H46O.C7H7ClO2S.C2H6O2.CH4.12K.2H/c1-20(2)7-6-8-21(3)25-11-12-26-24-10-9-22-19-23(31-18-17-30)13-15-28(22,4)27(24)14-16-29(25,26)5;1-19(2)8-7-9-21(4)24-12-13-25-23-11-10-22-18-20(3)14-16-27(22,5)26(23)15-17-28(24,25)6;1-18(2)7-6-8-19(3)23-11-12-24-22-10-9-20-17-21(28)13-15-26(20,4)25(22)14-16-27(23,24)5;1-6-2-4-7(5-3-6)11(8,9)10;3-1-2-4;;;;;;;;;;;;;;;/h9,20-21,23-27,30H,6-8,10-19H2,1-5H3;10,19-21,23-26H,7-9,11-18H2,1-6H3;9,18-19,21-25,28H,6-8,10-17H2,1-5H3;2-5H,1H3;3-4H,1-2H2;1H4;;;;;;;;;;;;;;/q;;;;;;;;;;;;;;;;2*+1;2*-1/t21-,23+,24+,25-,26+,27+,28+,29-;20-,21+,23-,24+,25-,26-,27-,28+;19-,21+,22+,23-,24+,25+,26+,27-;;;;;;;;;;;;;;;;;/m101................./s1. The first-order valence-corrected chi connectivity index (χ1v) is 131. The molecule has 9 saturated carbocycles. The van der Waals surface area contributed by atoms with Crippen LogP contribution in [0.3, 0.4) is 0 Å². The molecule has 9 fully saturated rings. The van der Waals surface area contributed by atoms with E-state index in [0.717, 1.165) is 137 Å². The monoisotopic (exact) mass is 1940 g/mol. The molecule has 0 amide bonds. The number of halogens is 1. The summed E-state index contributed by atoms with van der Waals surface area (Å²) in [6.45, 7) is 42.7. The van der Waals surface area contributed by atoms with Crippen molar-refractivity contribution in [3.05, 3.63) is 64.8 Å². The van der Waals surface area contributed by atoms with Crippen LogP contribution in [0.4, 0.5) is 0 Å². The van der Waals surface area contributed by atoms with E-state index in [1.54, 1.807) is 23.3 Å². The van der Waals surface area contributed by atoms with Crippen LogP contribution in [-0.2, 0) is 13.8 Å². The van der Waals surface area contributed by atoms with E-state index in [1.165, 1.54) is 521 Å². The number of benzene rings is 1. The first-order chi connectivity index (χ1) is 53.2. The van der Waals surface area contributed by atoms with Gasteiger partial charge in [-0.05, 0) is 318 Å². The molecule has 13 rings (SSSR count). The summed E-state index contributed by atoms with van der Waals surface area (Å²) in [5, 5.41) is 34.6. The van der Waals surface area contributed by atoms with Crippen LogP contribution in [0.15, 0.2) is 64.1 Å². The predicted molar refractivity (Wildman–Crippen MR) is 496 cm³/mol. The van der Waals surface area contributed by atoms with Gasteiger partial charge in [0, 0.05) is 10.7 Å². The van der Waals surface area contributed by atoms with Crippen LogP contribution in [0.5, 0.6) is 0 Å². The van der Waals surface area contributed by atoms with Crippen LogP contribution in [0.2, 0.25) is 0 Å². The van der Waals surface area contributed by atoms with Gasteiger partial charge in [-0.1, -0.05) is 229 Å². The molecule has 0 unspecified atom stereocenters. The number of allylic oxidation sites excluding steroid dienone is 4. The SMILES string of the molecule is C.CC(C)CCC[C@@H](C)[C@H]1CC[C@H]2[C@@H]3CC=C4C[C@@H](C)CC[C@]4(C)[C@H]3CC[C@]12C.CC(C)CCC[C@@H](C)[C@H]1CC[C@H]2[C@@H]3CC=C4C[C@@H](O)CC[C@]4(C)[C@H]3CC[C@]12C.CC(C)CCC[C@@H](C)[C@H]1CC[C@H]2[C@@H]3CC=C4C[C@@H](OCCO)CC[C@]4(C)[C@H]3CC[C@]12C.Cc1ccc(S(=O)(=O)Cl)cc1.OCCO.[H-].[H-].[K+].[K+].[K][K].[K][K].[K][K].[K][K].[K][K]. The average molecular weight is 1940 g/mol. The van der Waals surface area contributed by atoms with E-state index in [4.69, 9.17) is 30.7 Å². The topological polar surface area (TPSA) is 124 Å². The summed E-state index contributed by atoms with van der Waals surface area (Å²) in [5.74, 6) is 17.6. The first-order valence-electron chi connectivity index (χ1n) is 48.4. The fourth-order valence-electron chi connectivity index (χ4n) is 27.2. The molecule has 0 heterocycles. The van der Waals surface area contributed by atoms with Gasteiger partial charge in [-0.3, -0.25) is 0 Å². The predicted octanol–water partition coefficient (Wildman–Crippen LogP) is 15.4. The molecule has 1 aromatic carbocycles. The van der Waals surface area contributed by atoms with Crippen LogP contribution in [-0.4, -0.2) is 383 Å². The summed E-state index contributed by atoms with van der Waals surface area (Å²) in [7, 11) is 1.54. The van der Waals surface area contributed by atoms with E-state index in [2.05, 4.69) is 129 Å². The zero-order valence-corrected chi connectivity index (χ0v) is 120. The van der Waals surface area contributed by atoms with Crippen molar-refractivity contribution in [3.63, 3.8) is 0 Å².